The summed E-state index contributed by atoms with van der Waals surface area (Å²) in [7, 11) is 0. The number of para-hydroxylation sites is 1. The second-order valence-corrected chi connectivity index (χ2v) is 5.19. The molecule has 0 N–H and O–H groups in total. The molecule has 0 bridgehead atoms. The van der Waals surface area contributed by atoms with Crippen LogP contribution in [0.2, 0.25) is 0 Å². The van der Waals surface area contributed by atoms with Gasteiger partial charge in [-0.2, -0.15) is 0 Å². The third-order valence-corrected chi connectivity index (χ3v) is 3.89. The molecule has 0 aliphatic rings. The lowest BCUT2D eigenvalue weighted by Crippen LogP contribution is -2.02. The first-order chi connectivity index (χ1) is 9.08. The summed E-state index contributed by atoms with van der Waals surface area (Å²) in [6, 6.07) is 6.28. The Hall–Kier alpha value is -1.75. The van der Waals surface area contributed by atoms with Crippen molar-refractivity contribution >= 4 is 17.1 Å². The molecule has 0 aliphatic heterocycles. The van der Waals surface area contributed by atoms with Gasteiger partial charge in [0.2, 0.25) is 0 Å². The molecule has 1 aromatic carbocycles. The van der Waals surface area contributed by atoms with Gasteiger partial charge >= 0.3 is 0 Å². The largest absolute Gasteiger partial charge is 0.490 e. The number of benzene rings is 1. The van der Waals surface area contributed by atoms with Crippen LogP contribution < -0.4 is 4.74 Å². The Morgan fingerprint density at radius 2 is 2.16 bits per heavy atom. The van der Waals surface area contributed by atoms with E-state index in [1.807, 2.05) is 6.92 Å². The van der Waals surface area contributed by atoms with Crippen molar-refractivity contribution in [2.75, 3.05) is 6.61 Å². The highest BCUT2D eigenvalue weighted by Gasteiger charge is 2.11. The number of hydrogen-bond acceptors (Lipinski definition) is 4. The molecule has 5 heteroatoms. The Bertz CT molecular complexity index is 595. The Kier molecular flexibility index (Phi) is 4.27. The van der Waals surface area contributed by atoms with E-state index in [2.05, 4.69) is 4.98 Å². The number of ketones is 1. The molecule has 0 radical (unpaired) electrons. The summed E-state index contributed by atoms with van der Waals surface area (Å²) in [5.41, 5.74) is 0.749. The maximum Gasteiger partial charge on any atom is 0.171 e. The molecular formula is C14H14FNO2S. The van der Waals surface area contributed by atoms with E-state index in [0.29, 0.717) is 17.9 Å². The summed E-state index contributed by atoms with van der Waals surface area (Å²) in [5, 5.41) is 0.832. The van der Waals surface area contributed by atoms with Gasteiger partial charge in [-0.3, -0.25) is 4.79 Å². The number of Topliss-reactive ketones (excluding diaryl/α,β-unsaturated/α-hetero) is 1. The average molecular weight is 279 g/mol. The standard InChI is InChI=1S/C14H14FNO2S/c1-9-14(10(2)17)19-13(16-9)7-8-18-12-6-4-3-5-11(12)15/h3-6H,7-8H2,1-2H3. The molecule has 0 saturated carbocycles. The number of aromatic nitrogens is 1. The van der Waals surface area contributed by atoms with E-state index in [1.165, 1.54) is 24.3 Å². The molecule has 0 amide bonds. The highest BCUT2D eigenvalue weighted by atomic mass is 32.1. The first-order valence-electron chi connectivity index (χ1n) is 5.92. The summed E-state index contributed by atoms with van der Waals surface area (Å²) in [4.78, 5) is 16.3. The Balaban J connectivity index is 1.95. The van der Waals surface area contributed by atoms with Gasteiger partial charge in [0, 0.05) is 13.3 Å². The van der Waals surface area contributed by atoms with Gasteiger partial charge in [-0.1, -0.05) is 12.1 Å². The van der Waals surface area contributed by atoms with Crippen molar-refractivity contribution in [3.63, 3.8) is 0 Å². The van der Waals surface area contributed by atoms with E-state index >= 15 is 0 Å². The van der Waals surface area contributed by atoms with Crippen molar-refractivity contribution in [3.05, 3.63) is 45.7 Å². The molecule has 0 saturated heterocycles. The molecule has 2 rings (SSSR count). The van der Waals surface area contributed by atoms with Gasteiger partial charge in [0.05, 0.1) is 22.2 Å². The van der Waals surface area contributed by atoms with Gasteiger partial charge in [0.1, 0.15) is 0 Å². The molecular weight excluding hydrogens is 265 g/mol. The van der Waals surface area contributed by atoms with Crippen LogP contribution in [0.4, 0.5) is 4.39 Å². The summed E-state index contributed by atoms with van der Waals surface area (Å²) < 4.78 is 18.7. The number of rotatable bonds is 5. The van der Waals surface area contributed by atoms with Crippen LogP contribution in [-0.4, -0.2) is 17.4 Å². The first kappa shape index (κ1) is 13.7. The van der Waals surface area contributed by atoms with E-state index in [1.54, 1.807) is 18.2 Å². The number of halogens is 1. The van der Waals surface area contributed by atoms with Crippen molar-refractivity contribution < 1.29 is 13.9 Å². The third-order valence-electron chi connectivity index (χ3n) is 2.57. The summed E-state index contributed by atoms with van der Waals surface area (Å²) in [5.74, 6) is -0.110. The van der Waals surface area contributed by atoms with Crippen LogP contribution in [0.1, 0.15) is 27.3 Å². The number of hydrogen-bond donors (Lipinski definition) is 0. The van der Waals surface area contributed by atoms with Crippen LogP contribution in [0.3, 0.4) is 0 Å². The highest BCUT2D eigenvalue weighted by Crippen LogP contribution is 2.20. The topological polar surface area (TPSA) is 39.2 Å². The minimum absolute atomic E-state index is 0.0243. The quantitative estimate of drug-likeness (QED) is 0.787. The van der Waals surface area contributed by atoms with E-state index in [-0.39, 0.29) is 17.3 Å². The smallest absolute Gasteiger partial charge is 0.171 e. The lowest BCUT2D eigenvalue weighted by molar-refractivity contribution is 0.102. The van der Waals surface area contributed by atoms with Crippen molar-refractivity contribution in [1.29, 1.82) is 0 Å². The molecule has 0 atom stereocenters. The van der Waals surface area contributed by atoms with Crippen LogP contribution in [0.5, 0.6) is 5.75 Å². The van der Waals surface area contributed by atoms with Gasteiger partial charge in [-0.15, -0.1) is 11.3 Å². The monoisotopic (exact) mass is 279 g/mol. The third kappa shape index (κ3) is 3.38. The molecule has 1 heterocycles. The minimum atomic E-state index is -0.373. The van der Waals surface area contributed by atoms with Crippen molar-refractivity contribution in [2.24, 2.45) is 0 Å². The van der Waals surface area contributed by atoms with E-state index in [0.717, 1.165) is 10.7 Å². The second-order valence-electron chi connectivity index (χ2n) is 4.11. The van der Waals surface area contributed by atoms with Gasteiger partial charge in [-0.05, 0) is 19.1 Å². The maximum absolute atomic E-state index is 13.3. The van der Waals surface area contributed by atoms with Crippen LogP contribution >= 0.6 is 11.3 Å². The van der Waals surface area contributed by atoms with Crippen LogP contribution in [0, 0.1) is 12.7 Å². The number of carbonyl (C=O) groups excluding carboxylic acids is 1. The molecule has 3 nitrogen and oxygen atoms in total. The van der Waals surface area contributed by atoms with Crippen LogP contribution in [-0.2, 0) is 6.42 Å². The summed E-state index contributed by atoms with van der Waals surface area (Å²) in [6.45, 7) is 3.68. The second kappa shape index (κ2) is 5.93. The Labute approximate surface area is 115 Å². The zero-order valence-corrected chi connectivity index (χ0v) is 11.6. The Morgan fingerprint density at radius 1 is 1.42 bits per heavy atom. The summed E-state index contributed by atoms with van der Waals surface area (Å²) >= 11 is 1.37. The average Bonchev–Trinajstić information content (AvgIpc) is 2.73. The van der Waals surface area contributed by atoms with Gasteiger partial charge in [0.25, 0.3) is 0 Å². The zero-order valence-electron chi connectivity index (χ0n) is 10.8. The normalized spacial score (nSPS) is 10.5. The van der Waals surface area contributed by atoms with Gasteiger partial charge in [0.15, 0.2) is 17.3 Å². The lowest BCUT2D eigenvalue weighted by atomic mass is 10.3. The van der Waals surface area contributed by atoms with Crippen molar-refractivity contribution in [2.45, 2.75) is 20.3 Å². The number of ether oxygens (including phenoxy) is 1. The number of nitrogens with zero attached hydrogens (tertiary/aromatic N) is 1. The highest BCUT2D eigenvalue weighted by molar-refractivity contribution is 7.13. The van der Waals surface area contributed by atoms with E-state index in [4.69, 9.17) is 4.74 Å². The molecule has 100 valence electrons. The Morgan fingerprint density at radius 3 is 2.79 bits per heavy atom. The summed E-state index contributed by atoms with van der Waals surface area (Å²) in [6.07, 6.45) is 0.563. The maximum atomic E-state index is 13.3. The number of carbonyl (C=O) groups is 1. The van der Waals surface area contributed by atoms with E-state index < -0.39 is 0 Å². The van der Waals surface area contributed by atoms with Crippen molar-refractivity contribution in [1.82, 2.24) is 4.98 Å². The lowest BCUT2D eigenvalue weighted by Gasteiger charge is -2.05. The molecule has 0 fully saturated rings. The molecule has 1 aromatic heterocycles. The fourth-order valence-corrected chi connectivity index (χ4v) is 2.64. The predicted octanol–water partition coefficient (Wildman–Crippen LogP) is 3.41. The SMILES string of the molecule is CC(=O)c1sc(CCOc2ccccc2F)nc1C. The molecule has 19 heavy (non-hydrogen) atoms. The molecule has 0 unspecified atom stereocenters. The molecule has 0 aliphatic carbocycles. The van der Waals surface area contributed by atoms with E-state index in [9.17, 15) is 9.18 Å². The zero-order chi connectivity index (χ0) is 13.8. The number of aryl methyl sites for hydroxylation is 1. The predicted molar refractivity (Wildman–Crippen MR) is 72.5 cm³/mol. The molecule has 2 aromatic rings. The van der Waals surface area contributed by atoms with Crippen molar-refractivity contribution in [3.8, 4) is 5.75 Å². The van der Waals surface area contributed by atoms with Crippen LogP contribution in [0.25, 0.3) is 0 Å². The van der Waals surface area contributed by atoms with Gasteiger partial charge < -0.3 is 4.74 Å². The molecule has 0 spiro atoms. The first-order valence-corrected chi connectivity index (χ1v) is 6.74. The van der Waals surface area contributed by atoms with Gasteiger partial charge in [-0.25, -0.2) is 9.37 Å². The number of thiazole rings is 1. The van der Waals surface area contributed by atoms with Crippen LogP contribution in [0.15, 0.2) is 24.3 Å². The fourth-order valence-electron chi connectivity index (χ4n) is 1.70. The minimum Gasteiger partial charge on any atom is -0.490 e. The fraction of sp³-hybridized carbons (Fsp3) is 0.286.